The maximum absolute atomic E-state index is 13.0. The van der Waals surface area contributed by atoms with Crippen molar-refractivity contribution in [1.29, 1.82) is 0 Å². The van der Waals surface area contributed by atoms with Crippen molar-refractivity contribution in [2.45, 2.75) is 29.1 Å². The van der Waals surface area contributed by atoms with Crippen LogP contribution in [0.2, 0.25) is 0 Å². The Bertz CT molecular complexity index is 1160. The molecule has 1 fully saturated rings. The van der Waals surface area contributed by atoms with Gasteiger partial charge in [-0.2, -0.15) is 0 Å². The highest BCUT2D eigenvalue weighted by Crippen LogP contribution is 2.34. The highest BCUT2D eigenvalue weighted by atomic mass is 32.2. The standard InChI is InChI=1S/C20H24N4O4S2/c1-21-16-7-12-20(24-13-5-4-6-14-24)19(15-16)22-29(25,26)17-8-10-18(11-9-17)30(27,28)23(2)3/h7-12,15,22H,4-6,13-14H2,2-3H3. The fraction of sp³-hybridized carbons (Fsp3) is 0.350. The van der Waals surface area contributed by atoms with Crippen LogP contribution in [-0.4, -0.2) is 48.3 Å². The molecule has 0 aliphatic carbocycles. The van der Waals surface area contributed by atoms with Gasteiger partial charge in [0.2, 0.25) is 10.0 Å². The molecule has 0 radical (unpaired) electrons. The first-order valence-electron chi connectivity index (χ1n) is 9.47. The van der Waals surface area contributed by atoms with Gasteiger partial charge in [0.05, 0.1) is 27.7 Å². The minimum absolute atomic E-state index is 0.00968. The second kappa shape index (κ2) is 8.63. The zero-order chi connectivity index (χ0) is 21.9. The molecular formula is C20H24N4O4S2. The first kappa shape index (κ1) is 22.1. The number of anilines is 2. The molecule has 30 heavy (non-hydrogen) atoms. The maximum atomic E-state index is 13.0. The highest BCUT2D eigenvalue weighted by molar-refractivity contribution is 7.92. The van der Waals surface area contributed by atoms with Crippen molar-refractivity contribution in [3.8, 4) is 0 Å². The van der Waals surface area contributed by atoms with Crippen LogP contribution in [0.5, 0.6) is 0 Å². The van der Waals surface area contributed by atoms with Crippen LogP contribution in [0.15, 0.2) is 52.3 Å². The zero-order valence-corrected chi connectivity index (χ0v) is 18.5. The van der Waals surface area contributed by atoms with Crippen LogP contribution < -0.4 is 9.62 Å². The van der Waals surface area contributed by atoms with Gasteiger partial charge in [0.25, 0.3) is 10.0 Å². The van der Waals surface area contributed by atoms with Crippen molar-refractivity contribution in [3.05, 3.63) is 53.9 Å². The quantitative estimate of drug-likeness (QED) is 0.685. The summed E-state index contributed by atoms with van der Waals surface area (Å²) in [4.78, 5) is 5.47. The van der Waals surface area contributed by atoms with Crippen molar-refractivity contribution in [3.63, 3.8) is 0 Å². The summed E-state index contributed by atoms with van der Waals surface area (Å²) in [5.41, 5.74) is 1.41. The van der Waals surface area contributed by atoms with E-state index in [4.69, 9.17) is 6.57 Å². The molecule has 8 nitrogen and oxygen atoms in total. The molecule has 1 aliphatic rings. The Morgan fingerprint density at radius 3 is 2.10 bits per heavy atom. The molecule has 0 unspecified atom stereocenters. The van der Waals surface area contributed by atoms with E-state index in [1.54, 1.807) is 12.1 Å². The minimum Gasteiger partial charge on any atom is -0.370 e. The van der Waals surface area contributed by atoms with E-state index in [2.05, 4.69) is 14.5 Å². The Labute approximate surface area is 178 Å². The highest BCUT2D eigenvalue weighted by Gasteiger charge is 2.22. The summed E-state index contributed by atoms with van der Waals surface area (Å²) in [7, 11) is -4.80. The molecule has 160 valence electrons. The van der Waals surface area contributed by atoms with E-state index in [-0.39, 0.29) is 9.79 Å². The lowest BCUT2D eigenvalue weighted by atomic mass is 10.1. The normalized spacial score (nSPS) is 15.1. The Morgan fingerprint density at radius 1 is 0.933 bits per heavy atom. The maximum Gasteiger partial charge on any atom is 0.261 e. The summed E-state index contributed by atoms with van der Waals surface area (Å²) in [6, 6.07) is 10.0. The lowest BCUT2D eigenvalue weighted by molar-refractivity contribution is 0.520. The molecule has 2 aromatic rings. The van der Waals surface area contributed by atoms with Gasteiger partial charge in [-0.05, 0) is 55.7 Å². The number of piperidine rings is 1. The smallest absolute Gasteiger partial charge is 0.261 e. The number of sulfonamides is 2. The van der Waals surface area contributed by atoms with Crippen molar-refractivity contribution in [2.24, 2.45) is 0 Å². The second-order valence-corrected chi connectivity index (χ2v) is 11.1. The van der Waals surface area contributed by atoms with E-state index < -0.39 is 20.0 Å². The van der Waals surface area contributed by atoms with Gasteiger partial charge in [-0.25, -0.2) is 26.0 Å². The third kappa shape index (κ3) is 4.59. The number of rotatable bonds is 6. The third-order valence-electron chi connectivity index (χ3n) is 4.96. The molecule has 0 spiro atoms. The average Bonchev–Trinajstić information content (AvgIpc) is 2.74. The number of hydrogen-bond donors (Lipinski definition) is 1. The molecule has 0 amide bonds. The first-order chi connectivity index (χ1) is 14.1. The lowest BCUT2D eigenvalue weighted by Gasteiger charge is -2.30. The summed E-state index contributed by atoms with van der Waals surface area (Å²) < 4.78 is 54.0. The van der Waals surface area contributed by atoms with E-state index in [1.807, 2.05) is 0 Å². The van der Waals surface area contributed by atoms with Crippen LogP contribution in [0.1, 0.15) is 19.3 Å². The van der Waals surface area contributed by atoms with Crippen molar-refractivity contribution in [1.82, 2.24) is 4.31 Å². The topological polar surface area (TPSA) is 91.1 Å². The molecule has 0 atom stereocenters. The third-order valence-corrected chi connectivity index (χ3v) is 8.17. The molecule has 0 bridgehead atoms. The molecule has 1 N–H and O–H groups in total. The minimum atomic E-state index is -3.97. The molecule has 1 aliphatic heterocycles. The van der Waals surface area contributed by atoms with Crippen molar-refractivity contribution in [2.75, 3.05) is 36.8 Å². The van der Waals surface area contributed by atoms with Crippen molar-refractivity contribution < 1.29 is 16.8 Å². The fourth-order valence-electron chi connectivity index (χ4n) is 3.29. The Hall–Kier alpha value is -2.61. The molecular weight excluding hydrogens is 424 g/mol. The Morgan fingerprint density at radius 2 is 1.53 bits per heavy atom. The molecule has 10 heteroatoms. The van der Waals surface area contributed by atoms with Crippen LogP contribution in [-0.2, 0) is 20.0 Å². The summed E-state index contributed by atoms with van der Waals surface area (Å²) in [5.74, 6) is 0. The summed E-state index contributed by atoms with van der Waals surface area (Å²) in [6.45, 7) is 8.89. The van der Waals surface area contributed by atoms with Crippen LogP contribution in [0, 0.1) is 6.57 Å². The Kier molecular flexibility index (Phi) is 6.36. The number of nitrogens with zero attached hydrogens (tertiary/aromatic N) is 3. The molecule has 1 saturated heterocycles. The van der Waals surface area contributed by atoms with Crippen LogP contribution in [0.3, 0.4) is 0 Å². The molecule has 2 aromatic carbocycles. The van der Waals surface area contributed by atoms with Gasteiger partial charge >= 0.3 is 0 Å². The Balaban J connectivity index is 1.94. The van der Waals surface area contributed by atoms with E-state index in [1.165, 1.54) is 44.4 Å². The van der Waals surface area contributed by atoms with Gasteiger partial charge in [-0.1, -0.05) is 6.07 Å². The predicted octanol–water partition coefficient (Wildman–Crippen LogP) is 3.28. The van der Waals surface area contributed by atoms with Gasteiger partial charge in [0.15, 0.2) is 5.69 Å². The van der Waals surface area contributed by atoms with E-state index in [0.717, 1.165) is 42.3 Å². The molecule has 1 heterocycles. The van der Waals surface area contributed by atoms with Gasteiger partial charge < -0.3 is 4.90 Å². The van der Waals surface area contributed by atoms with Gasteiger partial charge in [-0.3, -0.25) is 4.72 Å². The number of benzene rings is 2. The number of hydrogen-bond acceptors (Lipinski definition) is 5. The predicted molar refractivity (Wildman–Crippen MR) is 117 cm³/mol. The molecule has 0 aromatic heterocycles. The lowest BCUT2D eigenvalue weighted by Crippen LogP contribution is -2.30. The van der Waals surface area contributed by atoms with Gasteiger partial charge in [-0.15, -0.1) is 0 Å². The SMILES string of the molecule is [C-]#[N+]c1ccc(N2CCCCC2)c(NS(=O)(=O)c2ccc(S(=O)(=O)N(C)C)cc2)c1. The monoisotopic (exact) mass is 448 g/mol. The summed E-state index contributed by atoms with van der Waals surface area (Å²) in [6.07, 6.45) is 3.19. The van der Waals surface area contributed by atoms with Crippen LogP contribution in [0.4, 0.5) is 17.1 Å². The first-order valence-corrected chi connectivity index (χ1v) is 12.4. The summed E-state index contributed by atoms with van der Waals surface area (Å²) in [5, 5.41) is 0. The second-order valence-electron chi connectivity index (χ2n) is 7.23. The molecule has 0 saturated carbocycles. The van der Waals surface area contributed by atoms with Crippen LogP contribution >= 0.6 is 0 Å². The van der Waals surface area contributed by atoms with E-state index in [9.17, 15) is 16.8 Å². The van der Waals surface area contributed by atoms with Gasteiger partial charge in [0, 0.05) is 27.2 Å². The summed E-state index contributed by atoms with van der Waals surface area (Å²) >= 11 is 0. The largest absolute Gasteiger partial charge is 0.370 e. The molecule has 3 rings (SSSR count). The fourth-order valence-corrected chi connectivity index (χ4v) is 5.26. The zero-order valence-electron chi connectivity index (χ0n) is 16.9. The van der Waals surface area contributed by atoms with Crippen molar-refractivity contribution >= 4 is 37.1 Å². The van der Waals surface area contributed by atoms with Crippen LogP contribution in [0.25, 0.3) is 4.85 Å². The van der Waals surface area contributed by atoms with Gasteiger partial charge in [0.1, 0.15) is 0 Å². The van der Waals surface area contributed by atoms with E-state index >= 15 is 0 Å². The van der Waals surface area contributed by atoms with E-state index in [0.29, 0.717) is 11.4 Å². The average molecular weight is 449 g/mol. The number of nitrogens with one attached hydrogen (secondary N) is 1.